The zero-order valence-corrected chi connectivity index (χ0v) is 26.4. The normalized spacial score (nSPS) is 13.1. The van der Waals surface area contributed by atoms with Crippen molar-refractivity contribution >= 4 is 35.9 Å². The van der Waals surface area contributed by atoms with E-state index in [0.29, 0.717) is 42.5 Å². The number of aliphatic imine (C=N–C) groups is 1. The Bertz CT molecular complexity index is 928. The van der Waals surface area contributed by atoms with Crippen LogP contribution in [0.3, 0.4) is 0 Å². The third-order valence-electron chi connectivity index (χ3n) is 6.26. The first-order chi connectivity index (χ1) is 15.0. The van der Waals surface area contributed by atoms with Crippen molar-refractivity contribution in [3.8, 4) is 0 Å². The molecule has 172 valence electrons. The molecule has 2 rings (SSSR count). The summed E-state index contributed by atoms with van der Waals surface area (Å²) in [6.45, 7) is 22.6. The summed E-state index contributed by atoms with van der Waals surface area (Å²) in [5.41, 5.74) is 10.5. The molecule has 0 unspecified atom stereocenters. The van der Waals surface area contributed by atoms with Gasteiger partial charge >= 0.3 is 208 Å². The molecule has 0 saturated heterocycles. The van der Waals surface area contributed by atoms with Gasteiger partial charge in [-0.05, 0) is 0 Å². The van der Waals surface area contributed by atoms with Crippen LogP contribution < -0.4 is 3.61 Å². The molecule has 0 radical (unpaired) electrons. The summed E-state index contributed by atoms with van der Waals surface area (Å²) in [4.78, 5) is 5.17. The van der Waals surface area contributed by atoms with Crippen molar-refractivity contribution in [3.05, 3.63) is 70.4 Å². The third-order valence-corrected chi connectivity index (χ3v) is 8.67. The Morgan fingerprint density at radius 3 is 1.47 bits per heavy atom. The van der Waals surface area contributed by atoms with E-state index < -0.39 is 0 Å². The van der Waals surface area contributed by atoms with Gasteiger partial charge < -0.3 is 0 Å². The molecule has 3 heteroatoms. The van der Waals surface area contributed by atoms with E-state index in [1.807, 2.05) is 0 Å². The zero-order valence-electron chi connectivity index (χ0n) is 22.2. The van der Waals surface area contributed by atoms with Crippen LogP contribution in [0.1, 0.15) is 115 Å². The Morgan fingerprint density at radius 2 is 1.09 bits per heavy atom. The number of nitrogens with zero attached hydrogens (tertiary/aromatic N) is 2. The number of benzene rings is 2. The van der Waals surface area contributed by atoms with E-state index in [2.05, 4.69) is 115 Å². The van der Waals surface area contributed by atoms with E-state index in [9.17, 15) is 0 Å². The number of allylic oxidation sites excluding steroid dienone is 2. The minimum absolute atomic E-state index is 0.453. The molecule has 2 nitrogen and oxygen atoms in total. The SMILES string of the molecule is CC(/C=C(/C)[N]([GaH2])c1c(C(C)C)cccc1C(C)C)=Nc1c(C(C)C)cccc1C(C)C. The van der Waals surface area contributed by atoms with Gasteiger partial charge in [-0.15, -0.1) is 0 Å². The van der Waals surface area contributed by atoms with Gasteiger partial charge in [0.05, 0.1) is 0 Å². The second kappa shape index (κ2) is 11.4. The standard InChI is InChI=1S/C29H41N2.Ga.2H/c1-18(2)24-13-11-14-25(19(3)4)28(24)30-22(9)17-23(10)31-29-26(20(5)6)15-12-16-27(29)21(7)8;;;/h11-21H,1-10H3;;;/q-1;+1;;/b22-17-,31-23?;;;. The van der Waals surface area contributed by atoms with Gasteiger partial charge in [-0.3, -0.25) is 0 Å². The monoisotopic (exact) mass is 488 g/mol. The molecule has 0 aliphatic heterocycles. The maximum absolute atomic E-state index is 5.17. The molecular formula is C29H43GaN2. The van der Waals surface area contributed by atoms with Crippen molar-refractivity contribution < 1.29 is 0 Å². The summed E-state index contributed by atoms with van der Waals surface area (Å²) in [5, 5.41) is 0. The Morgan fingerprint density at radius 1 is 0.719 bits per heavy atom. The van der Waals surface area contributed by atoms with Crippen molar-refractivity contribution in [1.29, 1.82) is 0 Å². The van der Waals surface area contributed by atoms with Gasteiger partial charge in [0.25, 0.3) is 0 Å². The number of rotatable bonds is 8. The summed E-state index contributed by atoms with van der Waals surface area (Å²) in [6, 6.07) is 13.5. The Hall–Kier alpha value is -1.71. The van der Waals surface area contributed by atoms with Crippen LogP contribution in [0, 0.1) is 0 Å². The summed E-state index contributed by atoms with van der Waals surface area (Å²) in [7, 11) is 0. The molecule has 0 N–H and O–H groups in total. The molecule has 0 atom stereocenters. The predicted octanol–water partition coefficient (Wildman–Crippen LogP) is 8.23. The molecule has 0 heterocycles. The fourth-order valence-electron chi connectivity index (χ4n) is 4.32. The molecule has 0 amide bonds. The number of hydrogen-bond acceptors (Lipinski definition) is 2. The summed E-state index contributed by atoms with van der Waals surface area (Å²) < 4.78 is 2.54. The zero-order chi connectivity index (χ0) is 24.2. The fourth-order valence-corrected chi connectivity index (χ4v) is 5.68. The Labute approximate surface area is 207 Å². The summed E-state index contributed by atoms with van der Waals surface area (Å²) in [6.07, 6.45) is 2.27. The van der Waals surface area contributed by atoms with E-state index in [-0.39, 0.29) is 0 Å². The molecule has 0 bridgehead atoms. The predicted molar refractivity (Wildman–Crippen MR) is 147 cm³/mol. The van der Waals surface area contributed by atoms with E-state index in [1.165, 1.54) is 33.6 Å². The fraction of sp³-hybridized carbons (Fsp3) is 0.483. The van der Waals surface area contributed by atoms with Crippen molar-refractivity contribution in [2.45, 2.75) is 92.9 Å². The van der Waals surface area contributed by atoms with Crippen LogP contribution in [0.5, 0.6) is 0 Å². The van der Waals surface area contributed by atoms with Crippen LogP contribution in [-0.4, -0.2) is 24.6 Å². The van der Waals surface area contributed by atoms with E-state index in [0.717, 1.165) is 11.4 Å². The Kier molecular flexibility index (Phi) is 9.48. The average molecular weight is 489 g/mol. The van der Waals surface area contributed by atoms with Crippen LogP contribution in [0.2, 0.25) is 0 Å². The molecule has 2 aromatic carbocycles. The van der Waals surface area contributed by atoms with Crippen molar-refractivity contribution in [2.75, 3.05) is 3.61 Å². The van der Waals surface area contributed by atoms with E-state index >= 15 is 0 Å². The average Bonchev–Trinajstić information content (AvgIpc) is 2.71. The third kappa shape index (κ3) is 6.20. The van der Waals surface area contributed by atoms with Gasteiger partial charge in [0.1, 0.15) is 0 Å². The van der Waals surface area contributed by atoms with Crippen LogP contribution in [0.4, 0.5) is 11.4 Å². The second-order valence-corrected chi connectivity index (χ2v) is 12.2. The first-order valence-electron chi connectivity index (χ1n) is 12.2. The number of para-hydroxylation sites is 2. The quantitative estimate of drug-likeness (QED) is 0.269. The molecule has 0 fully saturated rings. The molecule has 0 aromatic heterocycles. The van der Waals surface area contributed by atoms with Gasteiger partial charge in [0.15, 0.2) is 0 Å². The van der Waals surface area contributed by atoms with Crippen LogP contribution in [0.15, 0.2) is 53.2 Å². The molecule has 32 heavy (non-hydrogen) atoms. The Balaban J connectivity index is 2.55. The van der Waals surface area contributed by atoms with Gasteiger partial charge in [0.2, 0.25) is 0 Å². The molecule has 0 aliphatic carbocycles. The molecule has 0 aliphatic rings. The van der Waals surface area contributed by atoms with E-state index in [1.54, 1.807) is 0 Å². The van der Waals surface area contributed by atoms with Gasteiger partial charge in [0, 0.05) is 0 Å². The van der Waals surface area contributed by atoms with Gasteiger partial charge in [-0.1, -0.05) is 0 Å². The van der Waals surface area contributed by atoms with Crippen LogP contribution in [-0.2, 0) is 0 Å². The van der Waals surface area contributed by atoms with Crippen LogP contribution >= 0.6 is 0 Å². The first-order valence-corrected chi connectivity index (χ1v) is 14.1. The van der Waals surface area contributed by atoms with Crippen LogP contribution in [0.25, 0.3) is 0 Å². The summed E-state index contributed by atoms with van der Waals surface area (Å²) >= 11 is 0.488. The molecule has 0 saturated carbocycles. The number of hydrogen-bond donors (Lipinski definition) is 0. The molecule has 2 aromatic rings. The molecule has 0 spiro atoms. The van der Waals surface area contributed by atoms with Gasteiger partial charge in [-0.2, -0.15) is 0 Å². The summed E-state index contributed by atoms with van der Waals surface area (Å²) in [5.74, 6) is 1.91. The molecular weight excluding hydrogens is 446 g/mol. The number of anilines is 1. The topological polar surface area (TPSA) is 15.6 Å². The first kappa shape index (κ1) is 26.5. The minimum atomic E-state index is 0.453. The van der Waals surface area contributed by atoms with Crippen molar-refractivity contribution in [1.82, 2.24) is 0 Å². The van der Waals surface area contributed by atoms with E-state index in [4.69, 9.17) is 4.99 Å². The van der Waals surface area contributed by atoms with Crippen molar-refractivity contribution in [2.24, 2.45) is 4.99 Å². The second-order valence-electron chi connectivity index (χ2n) is 10.3. The van der Waals surface area contributed by atoms with Crippen molar-refractivity contribution in [3.63, 3.8) is 0 Å². The van der Waals surface area contributed by atoms with Gasteiger partial charge in [-0.25, -0.2) is 0 Å². The maximum atomic E-state index is 5.17.